The lowest BCUT2D eigenvalue weighted by molar-refractivity contribution is 0.152. The van der Waals surface area contributed by atoms with E-state index >= 15 is 0 Å². The van der Waals surface area contributed by atoms with Gasteiger partial charge >= 0.3 is 0 Å². The standard InChI is InChI=1S/C15H18N2O2/c1-2-6-13(18)14-16-15(19-17-14)12-9-11(12)10-7-4-3-5-8-10/h3-5,7-8,11-13,18H,2,6,9H2,1H3. The molecule has 19 heavy (non-hydrogen) atoms. The summed E-state index contributed by atoms with van der Waals surface area (Å²) < 4.78 is 5.29. The van der Waals surface area contributed by atoms with Gasteiger partial charge in [0.2, 0.25) is 5.89 Å². The lowest BCUT2D eigenvalue weighted by Gasteiger charge is -2.01. The minimum absolute atomic E-state index is 0.317. The summed E-state index contributed by atoms with van der Waals surface area (Å²) in [5.74, 6) is 1.89. The fraction of sp³-hybridized carbons (Fsp3) is 0.467. The highest BCUT2D eigenvalue weighted by Crippen LogP contribution is 2.54. The molecule has 3 atom stereocenters. The van der Waals surface area contributed by atoms with Crippen LogP contribution in [0.5, 0.6) is 0 Å². The molecule has 1 saturated carbocycles. The lowest BCUT2D eigenvalue weighted by Crippen LogP contribution is -1.99. The number of hydrogen-bond acceptors (Lipinski definition) is 4. The summed E-state index contributed by atoms with van der Waals surface area (Å²) in [7, 11) is 0. The van der Waals surface area contributed by atoms with Crippen LogP contribution < -0.4 is 0 Å². The second-order valence-electron chi connectivity index (χ2n) is 5.15. The van der Waals surface area contributed by atoms with Crippen molar-refractivity contribution in [3.63, 3.8) is 0 Å². The smallest absolute Gasteiger partial charge is 0.230 e. The van der Waals surface area contributed by atoms with E-state index in [1.54, 1.807) is 0 Å². The summed E-state index contributed by atoms with van der Waals surface area (Å²) in [6.07, 6.45) is 2.03. The molecule has 1 aromatic heterocycles. The molecule has 100 valence electrons. The first kappa shape index (κ1) is 12.4. The van der Waals surface area contributed by atoms with E-state index in [0.717, 1.165) is 12.8 Å². The largest absolute Gasteiger partial charge is 0.385 e. The monoisotopic (exact) mass is 258 g/mol. The van der Waals surface area contributed by atoms with Gasteiger partial charge in [-0.2, -0.15) is 4.98 Å². The Morgan fingerprint density at radius 2 is 2.11 bits per heavy atom. The topological polar surface area (TPSA) is 59.2 Å². The van der Waals surface area contributed by atoms with Gasteiger partial charge in [0, 0.05) is 5.92 Å². The molecular weight excluding hydrogens is 240 g/mol. The molecule has 0 radical (unpaired) electrons. The van der Waals surface area contributed by atoms with Gasteiger partial charge in [-0.3, -0.25) is 0 Å². The molecule has 3 unspecified atom stereocenters. The first-order valence-corrected chi connectivity index (χ1v) is 6.86. The minimum atomic E-state index is -0.601. The molecule has 1 heterocycles. The molecule has 0 amide bonds. The van der Waals surface area contributed by atoms with E-state index in [0.29, 0.717) is 30.0 Å². The Labute approximate surface area is 112 Å². The average Bonchev–Trinajstić information content (AvgIpc) is 3.09. The van der Waals surface area contributed by atoms with Gasteiger partial charge < -0.3 is 9.63 Å². The van der Waals surface area contributed by atoms with Crippen LogP contribution in [0, 0.1) is 0 Å². The fourth-order valence-electron chi connectivity index (χ4n) is 2.47. The van der Waals surface area contributed by atoms with Crippen molar-refractivity contribution in [3.8, 4) is 0 Å². The van der Waals surface area contributed by atoms with Crippen molar-refractivity contribution in [1.82, 2.24) is 10.1 Å². The van der Waals surface area contributed by atoms with Crippen molar-refractivity contribution in [2.75, 3.05) is 0 Å². The Hall–Kier alpha value is -1.68. The molecule has 1 aliphatic carbocycles. The van der Waals surface area contributed by atoms with Crippen LogP contribution in [-0.4, -0.2) is 15.2 Å². The number of hydrogen-bond donors (Lipinski definition) is 1. The summed E-state index contributed by atoms with van der Waals surface area (Å²) in [5, 5.41) is 13.7. The Kier molecular flexibility index (Phi) is 3.34. The zero-order chi connectivity index (χ0) is 13.2. The summed E-state index contributed by atoms with van der Waals surface area (Å²) in [6.45, 7) is 2.02. The highest BCUT2D eigenvalue weighted by Gasteiger charge is 2.43. The number of aliphatic hydroxyl groups is 1. The van der Waals surface area contributed by atoms with E-state index in [9.17, 15) is 5.11 Å². The van der Waals surface area contributed by atoms with Gasteiger partial charge in [-0.1, -0.05) is 48.8 Å². The van der Waals surface area contributed by atoms with E-state index in [4.69, 9.17) is 4.52 Å². The van der Waals surface area contributed by atoms with Gasteiger partial charge in [0.1, 0.15) is 6.10 Å². The molecule has 0 spiro atoms. The molecule has 1 N–H and O–H groups in total. The van der Waals surface area contributed by atoms with E-state index in [1.807, 2.05) is 13.0 Å². The van der Waals surface area contributed by atoms with Gasteiger partial charge in [0.15, 0.2) is 5.82 Å². The molecule has 0 bridgehead atoms. The maximum absolute atomic E-state index is 9.83. The van der Waals surface area contributed by atoms with Gasteiger partial charge in [0.05, 0.1) is 0 Å². The molecule has 1 fully saturated rings. The molecule has 1 aromatic carbocycles. The van der Waals surface area contributed by atoms with E-state index in [2.05, 4.69) is 34.4 Å². The van der Waals surface area contributed by atoms with Crippen LogP contribution in [0.2, 0.25) is 0 Å². The summed E-state index contributed by atoms with van der Waals surface area (Å²) in [5.41, 5.74) is 1.32. The Morgan fingerprint density at radius 1 is 1.32 bits per heavy atom. The average molecular weight is 258 g/mol. The van der Waals surface area contributed by atoms with Crippen LogP contribution in [-0.2, 0) is 0 Å². The first-order valence-electron chi connectivity index (χ1n) is 6.86. The van der Waals surface area contributed by atoms with Crippen molar-refractivity contribution < 1.29 is 9.63 Å². The van der Waals surface area contributed by atoms with E-state index in [-0.39, 0.29) is 0 Å². The Balaban J connectivity index is 1.69. The molecule has 4 nitrogen and oxygen atoms in total. The molecule has 1 aliphatic rings. The van der Waals surface area contributed by atoms with Crippen molar-refractivity contribution in [3.05, 3.63) is 47.6 Å². The Morgan fingerprint density at radius 3 is 2.84 bits per heavy atom. The third-order valence-corrected chi connectivity index (χ3v) is 3.65. The second-order valence-corrected chi connectivity index (χ2v) is 5.15. The van der Waals surface area contributed by atoms with Gasteiger partial charge in [-0.15, -0.1) is 0 Å². The number of benzene rings is 1. The van der Waals surface area contributed by atoms with Gasteiger partial charge in [-0.05, 0) is 24.3 Å². The van der Waals surface area contributed by atoms with E-state index in [1.165, 1.54) is 5.56 Å². The van der Waals surface area contributed by atoms with Crippen LogP contribution in [0.1, 0.15) is 61.4 Å². The predicted molar refractivity (Wildman–Crippen MR) is 70.7 cm³/mol. The molecule has 4 heteroatoms. The first-order chi connectivity index (χ1) is 9.29. The van der Waals surface area contributed by atoms with Crippen molar-refractivity contribution in [1.29, 1.82) is 0 Å². The van der Waals surface area contributed by atoms with Crippen LogP contribution in [0.15, 0.2) is 34.9 Å². The third kappa shape index (κ3) is 2.54. The van der Waals surface area contributed by atoms with Gasteiger partial charge in [-0.25, -0.2) is 0 Å². The lowest BCUT2D eigenvalue weighted by atomic mass is 10.1. The molecular formula is C15H18N2O2. The highest BCUT2D eigenvalue weighted by atomic mass is 16.5. The third-order valence-electron chi connectivity index (χ3n) is 3.65. The van der Waals surface area contributed by atoms with Crippen LogP contribution in [0.3, 0.4) is 0 Å². The summed E-state index contributed by atoms with van der Waals surface area (Å²) in [6, 6.07) is 10.4. The van der Waals surface area contributed by atoms with Crippen LogP contribution in [0.4, 0.5) is 0 Å². The zero-order valence-corrected chi connectivity index (χ0v) is 11.0. The number of nitrogens with zero attached hydrogens (tertiary/aromatic N) is 2. The Bertz CT molecular complexity index is 538. The van der Waals surface area contributed by atoms with Crippen molar-refractivity contribution in [2.45, 2.75) is 44.1 Å². The molecule has 0 saturated heterocycles. The minimum Gasteiger partial charge on any atom is -0.385 e. The van der Waals surface area contributed by atoms with Crippen LogP contribution >= 0.6 is 0 Å². The van der Waals surface area contributed by atoms with Crippen molar-refractivity contribution >= 4 is 0 Å². The van der Waals surface area contributed by atoms with E-state index < -0.39 is 6.10 Å². The molecule has 3 rings (SSSR count). The van der Waals surface area contributed by atoms with Gasteiger partial charge in [0.25, 0.3) is 0 Å². The number of rotatable bonds is 5. The molecule has 2 aromatic rings. The highest BCUT2D eigenvalue weighted by molar-refractivity contribution is 5.30. The van der Waals surface area contributed by atoms with Crippen molar-refractivity contribution in [2.24, 2.45) is 0 Å². The normalized spacial score (nSPS) is 23.3. The zero-order valence-electron chi connectivity index (χ0n) is 11.0. The second kappa shape index (κ2) is 5.13. The summed E-state index contributed by atoms with van der Waals surface area (Å²) >= 11 is 0. The maximum atomic E-state index is 9.83. The number of aromatic nitrogens is 2. The van der Waals surface area contributed by atoms with Crippen LogP contribution in [0.25, 0.3) is 0 Å². The maximum Gasteiger partial charge on any atom is 0.230 e. The molecule has 0 aliphatic heterocycles. The summed E-state index contributed by atoms with van der Waals surface area (Å²) in [4.78, 5) is 4.34. The quantitative estimate of drug-likeness (QED) is 0.894. The number of aliphatic hydroxyl groups excluding tert-OH is 1. The fourth-order valence-corrected chi connectivity index (χ4v) is 2.47. The SMILES string of the molecule is CCCC(O)c1noc(C2CC2c2ccccc2)n1. The predicted octanol–water partition coefficient (Wildman–Crippen LogP) is 3.17.